The normalized spacial score (nSPS) is 10.6. The number of imidazole rings is 1. The molecule has 3 rings (SSSR count). The van der Waals surface area contributed by atoms with E-state index in [1.54, 1.807) is 10.6 Å². The smallest absolute Gasteiger partial charge is 0.250 e. The summed E-state index contributed by atoms with van der Waals surface area (Å²) in [4.78, 5) is 16.1. The Morgan fingerprint density at radius 2 is 2.12 bits per heavy atom. The number of thiazole rings is 1. The quantitative estimate of drug-likeness (QED) is 0.665. The van der Waals surface area contributed by atoms with Crippen LogP contribution >= 0.6 is 11.3 Å². The minimum Gasteiger partial charge on any atom is -0.437 e. The van der Waals surface area contributed by atoms with Crippen LogP contribution in [0.1, 0.15) is 10.5 Å². The van der Waals surface area contributed by atoms with Crippen LogP contribution in [0.3, 0.4) is 0 Å². The van der Waals surface area contributed by atoms with Gasteiger partial charge in [-0.15, -0.1) is 11.3 Å². The lowest BCUT2D eigenvalue weighted by Crippen LogP contribution is -1.91. The first-order chi connectivity index (χ1) is 8.38. The Hall–Kier alpha value is -2.14. The molecule has 0 unspecified atom stereocenters. The summed E-state index contributed by atoms with van der Waals surface area (Å²) in [6.45, 7) is 0. The highest BCUT2D eigenvalue weighted by molar-refractivity contribution is 7.15. The molecule has 0 saturated carbocycles. The zero-order valence-electron chi connectivity index (χ0n) is 8.74. The van der Waals surface area contributed by atoms with Crippen molar-refractivity contribution in [1.29, 1.82) is 0 Å². The average molecular weight is 244 g/mol. The van der Waals surface area contributed by atoms with Crippen LogP contribution in [0.5, 0.6) is 11.6 Å². The average Bonchev–Trinajstić information content (AvgIpc) is 2.90. The van der Waals surface area contributed by atoms with Crippen LogP contribution in [0, 0.1) is 0 Å². The van der Waals surface area contributed by atoms with Gasteiger partial charge in [0.2, 0.25) is 5.88 Å². The van der Waals surface area contributed by atoms with Crippen molar-refractivity contribution < 1.29 is 9.53 Å². The molecular weight excluding hydrogens is 236 g/mol. The second kappa shape index (κ2) is 4.03. The summed E-state index contributed by atoms with van der Waals surface area (Å²) in [5, 5.41) is 1.88. The molecule has 0 aliphatic carbocycles. The van der Waals surface area contributed by atoms with E-state index in [1.807, 2.05) is 35.7 Å². The number of aromatic nitrogens is 2. The third kappa shape index (κ3) is 1.70. The number of hydrogen-bond donors (Lipinski definition) is 0. The van der Waals surface area contributed by atoms with Crippen molar-refractivity contribution in [3.8, 4) is 11.6 Å². The second-order valence-corrected chi connectivity index (χ2v) is 4.26. The van der Waals surface area contributed by atoms with Crippen LogP contribution < -0.4 is 4.74 Å². The van der Waals surface area contributed by atoms with E-state index < -0.39 is 0 Å². The molecule has 0 amide bonds. The predicted octanol–water partition coefficient (Wildman–Crippen LogP) is 3.00. The summed E-state index contributed by atoms with van der Waals surface area (Å²) in [6.07, 6.45) is 2.56. The van der Waals surface area contributed by atoms with E-state index in [4.69, 9.17) is 4.74 Å². The molecule has 17 heavy (non-hydrogen) atoms. The van der Waals surface area contributed by atoms with E-state index in [9.17, 15) is 4.79 Å². The number of ether oxygens (including phenoxy) is 1. The topological polar surface area (TPSA) is 43.6 Å². The zero-order valence-corrected chi connectivity index (χ0v) is 9.55. The molecule has 0 saturated heterocycles. The number of rotatable bonds is 3. The molecular formula is C12H8N2O2S. The lowest BCUT2D eigenvalue weighted by molar-refractivity contribution is 0.111. The van der Waals surface area contributed by atoms with Gasteiger partial charge in [-0.2, -0.15) is 4.98 Å². The van der Waals surface area contributed by atoms with Gasteiger partial charge in [0.05, 0.1) is 0 Å². The van der Waals surface area contributed by atoms with Crippen molar-refractivity contribution in [2.24, 2.45) is 0 Å². The SMILES string of the molecule is O=Cc1c(Oc2ccccc2)nc2sccn12. The van der Waals surface area contributed by atoms with Crippen molar-refractivity contribution in [1.82, 2.24) is 9.38 Å². The van der Waals surface area contributed by atoms with Gasteiger partial charge in [0.25, 0.3) is 0 Å². The minimum absolute atomic E-state index is 0.345. The van der Waals surface area contributed by atoms with Crippen LogP contribution in [0.15, 0.2) is 41.9 Å². The van der Waals surface area contributed by atoms with Crippen LogP contribution in [-0.2, 0) is 0 Å². The van der Waals surface area contributed by atoms with Gasteiger partial charge in [0.1, 0.15) is 5.75 Å². The number of carbonyl (C=O) groups is 1. The van der Waals surface area contributed by atoms with E-state index in [0.29, 0.717) is 17.3 Å². The summed E-state index contributed by atoms with van der Waals surface area (Å²) < 4.78 is 7.31. The molecule has 0 bridgehead atoms. The minimum atomic E-state index is 0.345. The van der Waals surface area contributed by atoms with E-state index in [-0.39, 0.29) is 0 Å². The predicted molar refractivity (Wildman–Crippen MR) is 65.0 cm³/mol. The van der Waals surface area contributed by atoms with Crippen LogP contribution in [0.25, 0.3) is 4.96 Å². The van der Waals surface area contributed by atoms with Crippen molar-refractivity contribution >= 4 is 22.6 Å². The Balaban J connectivity index is 2.05. The Morgan fingerprint density at radius 3 is 2.88 bits per heavy atom. The van der Waals surface area contributed by atoms with Gasteiger partial charge < -0.3 is 4.74 Å². The third-order valence-corrected chi connectivity index (χ3v) is 3.09. The van der Waals surface area contributed by atoms with Crippen LogP contribution in [-0.4, -0.2) is 15.7 Å². The molecule has 0 fully saturated rings. The molecule has 1 aromatic carbocycles. The number of fused-ring (bicyclic) bond motifs is 1. The van der Waals surface area contributed by atoms with Crippen molar-refractivity contribution in [3.63, 3.8) is 0 Å². The first-order valence-electron chi connectivity index (χ1n) is 5.02. The Morgan fingerprint density at radius 1 is 1.29 bits per heavy atom. The van der Waals surface area contributed by atoms with E-state index in [0.717, 1.165) is 11.2 Å². The first-order valence-corrected chi connectivity index (χ1v) is 5.90. The van der Waals surface area contributed by atoms with Gasteiger partial charge in [-0.25, -0.2) is 0 Å². The summed E-state index contributed by atoms with van der Waals surface area (Å²) in [6, 6.07) is 9.28. The molecule has 4 nitrogen and oxygen atoms in total. The molecule has 0 atom stereocenters. The van der Waals surface area contributed by atoms with Gasteiger partial charge in [-0.1, -0.05) is 18.2 Å². The molecule has 2 heterocycles. The molecule has 84 valence electrons. The van der Waals surface area contributed by atoms with Crippen molar-refractivity contribution in [2.45, 2.75) is 0 Å². The van der Waals surface area contributed by atoms with Gasteiger partial charge in [0.15, 0.2) is 16.9 Å². The number of hydrogen-bond acceptors (Lipinski definition) is 4. The van der Waals surface area contributed by atoms with Gasteiger partial charge in [-0.3, -0.25) is 9.20 Å². The second-order valence-electron chi connectivity index (χ2n) is 3.39. The summed E-state index contributed by atoms with van der Waals surface area (Å²) in [5.74, 6) is 1.01. The number of carbonyl (C=O) groups excluding carboxylic acids is 1. The lowest BCUT2D eigenvalue weighted by Gasteiger charge is -2.01. The number of nitrogens with zero attached hydrogens (tertiary/aromatic N) is 2. The van der Waals surface area contributed by atoms with Gasteiger partial charge in [0, 0.05) is 11.6 Å². The molecule has 3 aromatic rings. The zero-order chi connectivity index (χ0) is 11.7. The molecule has 0 radical (unpaired) electrons. The van der Waals surface area contributed by atoms with E-state index in [2.05, 4.69) is 4.98 Å². The molecule has 0 aliphatic rings. The molecule has 0 spiro atoms. The van der Waals surface area contributed by atoms with Gasteiger partial charge in [-0.05, 0) is 12.1 Å². The molecule has 5 heteroatoms. The Bertz CT molecular complexity index is 658. The van der Waals surface area contributed by atoms with Crippen molar-refractivity contribution in [2.75, 3.05) is 0 Å². The number of aldehydes is 1. The summed E-state index contributed by atoms with van der Waals surface area (Å²) in [7, 11) is 0. The first kappa shape index (κ1) is 10.0. The van der Waals surface area contributed by atoms with E-state index in [1.165, 1.54) is 11.3 Å². The monoisotopic (exact) mass is 244 g/mol. The fraction of sp³-hybridized carbons (Fsp3) is 0. The number of benzene rings is 1. The Kier molecular flexibility index (Phi) is 2.38. The molecule has 0 aliphatic heterocycles. The maximum absolute atomic E-state index is 11.1. The summed E-state index contributed by atoms with van der Waals surface area (Å²) in [5.41, 5.74) is 0.435. The third-order valence-electron chi connectivity index (χ3n) is 2.33. The standard InChI is InChI=1S/C12H8N2O2S/c15-8-10-11(13-12-14(10)6-7-17-12)16-9-4-2-1-3-5-9/h1-8H. The molecule has 0 N–H and O–H groups in total. The van der Waals surface area contributed by atoms with Crippen LogP contribution in [0.4, 0.5) is 0 Å². The maximum Gasteiger partial charge on any atom is 0.250 e. The highest BCUT2D eigenvalue weighted by atomic mass is 32.1. The fourth-order valence-corrected chi connectivity index (χ4v) is 2.28. The fourth-order valence-electron chi connectivity index (χ4n) is 1.57. The lowest BCUT2D eigenvalue weighted by atomic mass is 10.3. The largest absolute Gasteiger partial charge is 0.437 e. The van der Waals surface area contributed by atoms with E-state index >= 15 is 0 Å². The maximum atomic E-state index is 11.1. The van der Waals surface area contributed by atoms with Crippen LogP contribution in [0.2, 0.25) is 0 Å². The van der Waals surface area contributed by atoms with Gasteiger partial charge >= 0.3 is 0 Å². The number of para-hydroxylation sites is 1. The highest BCUT2D eigenvalue weighted by Gasteiger charge is 2.14. The van der Waals surface area contributed by atoms with Crippen molar-refractivity contribution in [3.05, 3.63) is 47.6 Å². The molecule has 2 aromatic heterocycles. The summed E-state index contributed by atoms with van der Waals surface area (Å²) >= 11 is 1.46. The highest BCUT2D eigenvalue weighted by Crippen LogP contribution is 2.26. The Labute approximate surface area is 101 Å².